The third-order valence-electron chi connectivity index (χ3n) is 3.60. The maximum Gasteiger partial charge on any atom is 0.176 e. The first-order valence-electron chi connectivity index (χ1n) is 6.07. The van der Waals surface area contributed by atoms with Crippen molar-refractivity contribution in [3.8, 4) is 0 Å². The van der Waals surface area contributed by atoms with E-state index in [1.807, 2.05) is 24.3 Å². The molecule has 1 heterocycles. The molecule has 0 spiro atoms. The third kappa shape index (κ3) is 3.17. The Balaban J connectivity index is 1.96. The van der Waals surface area contributed by atoms with Gasteiger partial charge in [0, 0.05) is 23.1 Å². The van der Waals surface area contributed by atoms with Crippen LogP contribution in [-0.2, 0) is 0 Å². The topological polar surface area (TPSA) is 20.3 Å². The number of carbonyl (C=O) groups is 1. The maximum absolute atomic E-state index is 12.1. The van der Waals surface area contributed by atoms with E-state index in [0.717, 1.165) is 23.1 Å². The van der Waals surface area contributed by atoms with Crippen molar-refractivity contribution < 1.29 is 4.79 Å². The molecule has 1 saturated heterocycles. The fourth-order valence-electron chi connectivity index (χ4n) is 2.31. The summed E-state index contributed by atoms with van der Waals surface area (Å²) >= 11 is 3.38. The first-order valence-corrected chi connectivity index (χ1v) is 6.86. The molecule has 0 N–H and O–H groups in total. The smallest absolute Gasteiger partial charge is 0.176 e. The molecule has 2 rings (SSSR count). The monoisotopic (exact) mass is 295 g/mol. The first kappa shape index (κ1) is 12.8. The summed E-state index contributed by atoms with van der Waals surface area (Å²) in [5.74, 6) is 1.62. The van der Waals surface area contributed by atoms with Crippen LogP contribution in [0.1, 0.15) is 24.2 Å². The summed E-state index contributed by atoms with van der Waals surface area (Å²) in [5.41, 5.74) is 0.806. The number of nitrogens with zero attached hydrogens (tertiary/aromatic N) is 1. The van der Waals surface area contributed by atoms with E-state index in [2.05, 4.69) is 34.7 Å². The SMILES string of the molecule is CC1CN(CC(=O)c2ccc(Br)cc2)CC1C. The van der Waals surface area contributed by atoms with Gasteiger partial charge in [-0.1, -0.05) is 41.9 Å². The Morgan fingerprint density at radius 3 is 2.29 bits per heavy atom. The van der Waals surface area contributed by atoms with Crippen LogP contribution in [0.5, 0.6) is 0 Å². The van der Waals surface area contributed by atoms with Gasteiger partial charge in [-0.15, -0.1) is 0 Å². The highest BCUT2D eigenvalue weighted by molar-refractivity contribution is 9.10. The molecule has 2 atom stereocenters. The quantitative estimate of drug-likeness (QED) is 0.798. The Hall–Kier alpha value is -0.670. The van der Waals surface area contributed by atoms with Crippen molar-refractivity contribution in [2.45, 2.75) is 13.8 Å². The lowest BCUT2D eigenvalue weighted by atomic mass is 10.0. The molecule has 0 aliphatic carbocycles. The minimum absolute atomic E-state index is 0.221. The van der Waals surface area contributed by atoms with E-state index in [9.17, 15) is 4.79 Å². The molecule has 3 heteroatoms. The standard InChI is InChI=1S/C14H18BrNO/c1-10-7-16(8-11(10)2)9-14(17)12-3-5-13(15)6-4-12/h3-6,10-11H,7-9H2,1-2H3. The zero-order chi connectivity index (χ0) is 12.4. The summed E-state index contributed by atoms with van der Waals surface area (Å²) in [5, 5.41) is 0. The second-order valence-corrected chi connectivity index (χ2v) is 5.99. The predicted molar refractivity (Wildman–Crippen MR) is 73.2 cm³/mol. The summed E-state index contributed by atoms with van der Waals surface area (Å²) in [6.07, 6.45) is 0. The van der Waals surface area contributed by atoms with E-state index in [0.29, 0.717) is 18.4 Å². The van der Waals surface area contributed by atoms with Crippen molar-refractivity contribution in [3.63, 3.8) is 0 Å². The summed E-state index contributed by atoms with van der Waals surface area (Å²) in [7, 11) is 0. The molecule has 1 aliphatic heterocycles. The third-order valence-corrected chi connectivity index (χ3v) is 4.13. The Labute approximate surface area is 111 Å². The van der Waals surface area contributed by atoms with Gasteiger partial charge in [-0.25, -0.2) is 0 Å². The van der Waals surface area contributed by atoms with Gasteiger partial charge in [0.1, 0.15) is 0 Å². The highest BCUT2D eigenvalue weighted by Gasteiger charge is 2.27. The Morgan fingerprint density at radius 1 is 1.24 bits per heavy atom. The molecule has 17 heavy (non-hydrogen) atoms. The molecular weight excluding hydrogens is 278 g/mol. The molecule has 1 aliphatic rings. The van der Waals surface area contributed by atoms with Gasteiger partial charge in [0.05, 0.1) is 6.54 Å². The fraction of sp³-hybridized carbons (Fsp3) is 0.500. The van der Waals surface area contributed by atoms with Gasteiger partial charge in [-0.2, -0.15) is 0 Å². The number of rotatable bonds is 3. The molecule has 0 amide bonds. The first-order chi connectivity index (χ1) is 8.06. The Morgan fingerprint density at radius 2 is 1.76 bits per heavy atom. The molecule has 0 saturated carbocycles. The number of Topliss-reactive ketones (excluding diaryl/α,β-unsaturated/α-hetero) is 1. The van der Waals surface area contributed by atoms with E-state index in [1.165, 1.54) is 0 Å². The highest BCUT2D eigenvalue weighted by atomic mass is 79.9. The van der Waals surface area contributed by atoms with Crippen molar-refractivity contribution >= 4 is 21.7 Å². The fourth-order valence-corrected chi connectivity index (χ4v) is 2.57. The zero-order valence-electron chi connectivity index (χ0n) is 10.3. The zero-order valence-corrected chi connectivity index (χ0v) is 11.9. The van der Waals surface area contributed by atoms with Gasteiger partial charge >= 0.3 is 0 Å². The summed E-state index contributed by atoms with van der Waals surface area (Å²) in [6.45, 7) is 7.16. The van der Waals surface area contributed by atoms with Crippen LogP contribution in [0, 0.1) is 11.8 Å². The van der Waals surface area contributed by atoms with Crippen molar-refractivity contribution in [2.75, 3.05) is 19.6 Å². The van der Waals surface area contributed by atoms with Gasteiger partial charge in [0.25, 0.3) is 0 Å². The van der Waals surface area contributed by atoms with Gasteiger partial charge < -0.3 is 0 Å². The number of halogens is 1. The number of benzene rings is 1. The maximum atomic E-state index is 12.1. The number of hydrogen-bond acceptors (Lipinski definition) is 2. The lowest BCUT2D eigenvalue weighted by molar-refractivity contribution is 0.0942. The molecule has 92 valence electrons. The van der Waals surface area contributed by atoms with Crippen LogP contribution in [0.15, 0.2) is 28.7 Å². The van der Waals surface area contributed by atoms with Gasteiger partial charge in [-0.05, 0) is 24.0 Å². The highest BCUT2D eigenvalue weighted by Crippen LogP contribution is 2.22. The van der Waals surface area contributed by atoms with Crippen LogP contribution < -0.4 is 0 Å². The molecule has 0 aromatic heterocycles. The van der Waals surface area contributed by atoms with Gasteiger partial charge in [0.15, 0.2) is 5.78 Å². The molecule has 1 fully saturated rings. The number of ketones is 1. The van der Waals surface area contributed by atoms with E-state index in [1.54, 1.807) is 0 Å². The van der Waals surface area contributed by atoms with Crippen molar-refractivity contribution in [1.82, 2.24) is 4.90 Å². The van der Waals surface area contributed by atoms with E-state index in [-0.39, 0.29) is 5.78 Å². The van der Waals surface area contributed by atoms with E-state index in [4.69, 9.17) is 0 Å². The molecule has 0 bridgehead atoms. The van der Waals surface area contributed by atoms with Crippen molar-refractivity contribution in [1.29, 1.82) is 0 Å². The van der Waals surface area contributed by atoms with Crippen LogP contribution in [0.2, 0.25) is 0 Å². The second kappa shape index (κ2) is 5.32. The second-order valence-electron chi connectivity index (χ2n) is 5.08. The lowest BCUT2D eigenvalue weighted by Crippen LogP contribution is -2.28. The summed E-state index contributed by atoms with van der Waals surface area (Å²) in [6, 6.07) is 7.61. The largest absolute Gasteiger partial charge is 0.295 e. The van der Waals surface area contributed by atoms with E-state index < -0.39 is 0 Å². The summed E-state index contributed by atoms with van der Waals surface area (Å²) in [4.78, 5) is 14.3. The average Bonchev–Trinajstić information content (AvgIpc) is 2.58. The van der Waals surface area contributed by atoms with Crippen molar-refractivity contribution in [2.24, 2.45) is 11.8 Å². The molecule has 0 radical (unpaired) electrons. The van der Waals surface area contributed by atoms with E-state index >= 15 is 0 Å². The predicted octanol–water partition coefficient (Wildman–Crippen LogP) is 3.22. The minimum atomic E-state index is 0.221. The van der Waals surface area contributed by atoms with Crippen LogP contribution in [0.4, 0.5) is 0 Å². The van der Waals surface area contributed by atoms with Crippen LogP contribution in [-0.4, -0.2) is 30.3 Å². The number of hydrogen-bond donors (Lipinski definition) is 0. The van der Waals surface area contributed by atoms with Gasteiger partial charge in [-0.3, -0.25) is 9.69 Å². The molecule has 2 unspecified atom stereocenters. The van der Waals surface area contributed by atoms with Crippen LogP contribution in [0.3, 0.4) is 0 Å². The molecule has 2 nitrogen and oxygen atoms in total. The average molecular weight is 296 g/mol. The minimum Gasteiger partial charge on any atom is -0.295 e. The Kier molecular flexibility index (Phi) is 4.00. The van der Waals surface area contributed by atoms with Crippen LogP contribution >= 0.6 is 15.9 Å². The Bertz CT molecular complexity index is 391. The normalized spacial score (nSPS) is 25.1. The van der Waals surface area contributed by atoms with Crippen LogP contribution in [0.25, 0.3) is 0 Å². The molecule has 1 aromatic rings. The molecule has 1 aromatic carbocycles. The number of carbonyl (C=O) groups excluding carboxylic acids is 1. The summed E-state index contributed by atoms with van der Waals surface area (Å²) < 4.78 is 1.01. The molecular formula is C14H18BrNO. The lowest BCUT2D eigenvalue weighted by Gasteiger charge is -2.14. The number of likely N-dealkylation sites (tertiary alicyclic amines) is 1. The van der Waals surface area contributed by atoms with Gasteiger partial charge in [0.2, 0.25) is 0 Å². The van der Waals surface area contributed by atoms with Crippen molar-refractivity contribution in [3.05, 3.63) is 34.3 Å².